The minimum atomic E-state index is -1.16. The number of nitrogens with two attached hydrogens (primary N) is 1. The van der Waals surface area contributed by atoms with Crippen molar-refractivity contribution >= 4 is 41.7 Å². The van der Waals surface area contributed by atoms with Gasteiger partial charge in [0, 0.05) is 58.2 Å². The van der Waals surface area contributed by atoms with E-state index in [9.17, 15) is 28.8 Å². The van der Waals surface area contributed by atoms with Crippen LogP contribution in [-0.4, -0.2) is 141 Å². The third-order valence-corrected chi connectivity index (χ3v) is 10.6. The Bertz CT molecular complexity index is 1410. The molecule has 5 amide bonds. The number of nitrogen functional groups attached to an aromatic ring is 1. The number of hydrogen-bond acceptors (Lipinski definition) is 10. The first-order valence-corrected chi connectivity index (χ1v) is 19.3. The average molecular weight is 777 g/mol. The first-order valence-electron chi connectivity index (χ1n) is 19.3. The fourth-order valence-corrected chi connectivity index (χ4v) is 7.14. The van der Waals surface area contributed by atoms with E-state index in [0.717, 1.165) is 25.7 Å². The van der Waals surface area contributed by atoms with Crippen molar-refractivity contribution in [3.63, 3.8) is 0 Å². The number of likely N-dealkylation sites (tertiary alicyclic amines) is 1. The molecule has 0 radical (unpaired) electrons. The van der Waals surface area contributed by atoms with Crippen molar-refractivity contribution in [2.24, 2.45) is 11.8 Å². The topological polar surface area (TPSA) is 210 Å². The van der Waals surface area contributed by atoms with Gasteiger partial charge in [0.25, 0.3) is 0 Å². The van der Waals surface area contributed by atoms with Crippen LogP contribution >= 0.6 is 0 Å². The van der Waals surface area contributed by atoms with Crippen molar-refractivity contribution in [3.8, 4) is 5.75 Å². The molecule has 1 aliphatic rings. The predicted octanol–water partition coefficient (Wildman–Crippen LogP) is 3.17. The molecule has 16 heteroatoms. The number of urea groups is 1. The van der Waals surface area contributed by atoms with Crippen LogP contribution in [0.15, 0.2) is 18.2 Å². The van der Waals surface area contributed by atoms with Gasteiger partial charge in [-0.1, -0.05) is 40.0 Å². The molecule has 16 nitrogen and oxygen atoms in total. The first kappa shape index (κ1) is 46.7. The molecule has 6 unspecified atom stereocenters. The minimum absolute atomic E-state index is 0.0130. The van der Waals surface area contributed by atoms with Crippen LogP contribution in [0.2, 0.25) is 0 Å². The molecule has 0 bridgehead atoms. The molecule has 1 aromatic carbocycles. The average Bonchev–Trinajstić information content (AvgIpc) is 3.66. The van der Waals surface area contributed by atoms with E-state index in [1.807, 2.05) is 20.8 Å². The number of amides is 5. The fraction of sp³-hybridized carbons (Fsp3) is 0.692. The maximum atomic E-state index is 13.9. The zero-order chi connectivity index (χ0) is 41.1. The number of nitrogens with zero attached hydrogens (tertiary/aromatic N) is 3. The number of nitrogens with one attached hydrogen (secondary N) is 2. The van der Waals surface area contributed by atoms with Crippen LogP contribution in [0, 0.1) is 11.8 Å². The summed E-state index contributed by atoms with van der Waals surface area (Å²) in [6.07, 6.45) is 4.83. The van der Waals surface area contributed by atoms with Crippen molar-refractivity contribution in [1.29, 1.82) is 0 Å². The number of aliphatic carboxylic acids is 1. The number of methoxy groups -OCH3 is 2. The molecule has 1 fully saturated rings. The number of carboxylic acid groups (broad SMARTS) is 1. The van der Waals surface area contributed by atoms with E-state index < -0.39 is 48.6 Å². The molecular weight excluding hydrogens is 712 g/mol. The van der Waals surface area contributed by atoms with Gasteiger partial charge in [-0.05, 0) is 50.7 Å². The number of unbranched alkanes of at least 4 members (excludes halogenated alkanes) is 3. The highest BCUT2D eigenvalue weighted by atomic mass is 16.5. The molecule has 5 N–H and O–H groups in total. The molecule has 55 heavy (non-hydrogen) atoms. The molecule has 2 rings (SSSR count). The van der Waals surface area contributed by atoms with Crippen LogP contribution in [0.25, 0.3) is 0 Å². The second-order valence-electron chi connectivity index (χ2n) is 14.2. The maximum absolute atomic E-state index is 13.9. The predicted molar refractivity (Wildman–Crippen MR) is 208 cm³/mol. The zero-order valence-electron chi connectivity index (χ0n) is 33.7. The number of anilines is 1. The smallest absolute Gasteiger partial charge is 0.322 e. The number of carbonyl (C=O) groups excluding carboxylic acids is 5. The van der Waals surface area contributed by atoms with Crippen molar-refractivity contribution in [2.75, 3.05) is 66.3 Å². The van der Waals surface area contributed by atoms with Gasteiger partial charge in [-0.25, -0.2) is 4.79 Å². The molecule has 1 aromatic rings. The summed E-state index contributed by atoms with van der Waals surface area (Å²) in [6.45, 7) is 8.79. The van der Waals surface area contributed by atoms with Crippen molar-refractivity contribution in [3.05, 3.63) is 23.8 Å². The molecule has 310 valence electrons. The summed E-state index contributed by atoms with van der Waals surface area (Å²) in [5.41, 5.74) is 6.64. The van der Waals surface area contributed by atoms with Crippen molar-refractivity contribution in [1.82, 2.24) is 25.3 Å². The Kier molecular flexibility index (Phi) is 20.5. The van der Waals surface area contributed by atoms with E-state index in [1.54, 1.807) is 46.9 Å². The van der Waals surface area contributed by atoms with E-state index in [-0.39, 0.29) is 36.7 Å². The van der Waals surface area contributed by atoms with Gasteiger partial charge >= 0.3 is 12.0 Å². The lowest BCUT2D eigenvalue weighted by Gasteiger charge is -2.39. The molecule has 1 heterocycles. The molecule has 0 saturated carbocycles. The quantitative estimate of drug-likeness (QED) is 0.0644. The Hall–Kier alpha value is -4.44. The Morgan fingerprint density at radius 1 is 1.04 bits per heavy atom. The summed E-state index contributed by atoms with van der Waals surface area (Å²) in [6, 6.07) is 3.78. The second-order valence-corrected chi connectivity index (χ2v) is 14.2. The lowest BCUT2D eigenvalue weighted by molar-refractivity contribution is -0.146. The summed E-state index contributed by atoms with van der Waals surface area (Å²) in [7, 11) is 4.65. The van der Waals surface area contributed by atoms with Gasteiger partial charge < -0.3 is 50.4 Å². The highest BCUT2D eigenvalue weighted by Crippen LogP contribution is 2.29. The summed E-state index contributed by atoms with van der Waals surface area (Å²) < 4.78 is 17.3. The number of ether oxygens (including phenoxy) is 3. The highest BCUT2D eigenvalue weighted by molar-refractivity contribution is 5.85. The van der Waals surface area contributed by atoms with Gasteiger partial charge in [0.2, 0.25) is 17.7 Å². The number of likely N-dealkylation sites (N-methyl/N-ethyl adjacent to an activating group) is 1. The number of aldehydes is 1. The van der Waals surface area contributed by atoms with Gasteiger partial charge in [0.1, 0.15) is 12.3 Å². The first-order chi connectivity index (χ1) is 26.2. The molecule has 1 saturated heterocycles. The normalized spacial score (nSPS) is 16.6. The van der Waals surface area contributed by atoms with Gasteiger partial charge in [0.15, 0.2) is 6.29 Å². The number of rotatable bonds is 25. The van der Waals surface area contributed by atoms with E-state index in [1.165, 1.54) is 14.2 Å². The summed E-state index contributed by atoms with van der Waals surface area (Å²) in [5.74, 6) is -2.27. The van der Waals surface area contributed by atoms with E-state index in [0.29, 0.717) is 68.8 Å². The highest BCUT2D eigenvalue weighted by Gasteiger charge is 2.42. The summed E-state index contributed by atoms with van der Waals surface area (Å²) in [4.78, 5) is 80.0. The van der Waals surface area contributed by atoms with Gasteiger partial charge in [-0.15, -0.1) is 0 Å². The molecule has 0 spiro atoms. The Morgan fingerprint density at radius 2 is 1.75 bits per heavy atom. The summed E-state index contributed by atoms with van der Waals surface area (Å²) in [5, 5.41) is 14.1. The Balaban J connectivity index is 1.92. The zero-order valence-corrected chi connectivity index (χ0v) is 33.7. The summed E-state index contributed by atoms with van der Waals surface area (Å²) >= 11 is 0. The number of hydrogen-bond donors (Lipinski definition) is 4. The van der Waals surface area contributed by atoms with E-state index in [4.69, 9.17) is 25.1 Å². The number of carboxylic acids is 1. The van der Waals surface area contributed by atoms with Crippen LogP contribution in [0.1, 0.15) is 89.4 Å². The SMILES string of the molecule is CCC(C)C(C(CC(=O)N1CCCC1C(OC)C(C)C(=O)NCC(=O)O)OC)N(C)C(=O)CNC(=O)N(CC)CCCCCCOc1ccc(C=O)c(N)c1. The third-order valence-electron chi connectivity index (χ3n) is 10.6. The maximum Gasteiger partial charge on any atom is 0.322 e. The molecule has 6 atom stereocenters. The van der Waals surface area contributed by atoms with E-state index in [2.05, 4.69) is 10.6 Å². The Morgan fingerprint density at radius 3 is 2.35 bits per heavy atom. The minimum Gasteiger partial charge on any atom is -0.494 e. The molecular formula is C39H64N6O10. The lowest BCUT2D eigenvalue weighted by Crippen LogP contribution is -2.54. The van der Waals surface area contributed by atoms with Crippen LogP contribution < -0.4 is 21.1 Å². The Labute approximate surface area is 325 Å². The standard InChI is InChI=1S/C39H64N6O10/c1-8-26(3)36(32(53-6)22-33(47)45-19-14-15-31(45)37(54-7)27(4)38(51)41-24-35(49)50)43(5)34(48)23-42-39(52)44(9-2)18-12-10-11-13-20-55-29-17-16-28(25-46)30(40)21-29/h16-17,21,25-27,31-32,36-37H,8-15,18-20,22-24,40H2,1-7H3,(H,41,51)(H,42,52)(H,49,50). The fourth-order valence-electron chi connectivity index (χ4n) is 7.14. The van der Waals surface area contributed by atoms with Crippen molar-refractivity contribution in [2.45, 2.75) is 103 Å². The van der Waals surface area contributed by atoms with E-state index >= 15 is 0 Å². The van der Waals surface area contributed by atoms with Crippen LogP contribution in [0.3, 0.4) is 0 Å². The van der Waals surface area contributed by atoms with Crippen LogP contribution in [0.4, 0.5) is 10.5 Å². The molecule has 1 aliphatic heterocycles. The largest absolute Gasteiger partial charge is 0.494 e. The third kappa shape index (κ3) is 14.3. The monoisotopic (exact) mass is 776 g/mol. The van der Waals surface area contributed by atoms with Gasteiger partial charge in [-0.3, -0.25) is 24.0 Å². The van der Waals surface area contributed by atoms with Gasteiger partial charge in [-0.2, -0.15) is 0 Å². The van der Waals surface area contributed by atoms with Gasteiger partial charge in [0.05, 0.1) is 49.8 Å². The van der Waals surface area contributed by atoms with Crippen LogP contribution in [-0.2, 0) is 28.7 Å². The number of benzene rings is 1. The lowest BCUT2D eigenvalue weighted by atomic mass is 9.90. The second kappa shape index (κ2) is 24.2. The molecule has 0 aliphatic carbocycles. The number of carbonyl (C=O) groups is 6. The molecule has 0 aromatic heterocycles. The van der Waals surface area contributed by atoms with Crippen molar-refractivity contribution < 1.29 is 48.1 Å². The van der Waals surface area contributed by atoms with Crippen LogP contribution in [0.5, 0.6) is 5.75 Å².